The van der Waals surface area contributed by atoms with Gasteiger partial charge >= 0.3 is 5.97 Å². The minimum Gasteiger partial charge on any atom is -0.478 e. The molecule has 2 nitrogen and oxygen atoms in total. The third-order valence-electron chi connectivity index (χ3n) is 6.52. The molecule has 124 valence electrons. The number of hydrogen-bond donors (Lipinski definition) is 1. The van der Waals surface area contributed by atoms with Crippen molar-refractivity contribution >= 4 is 5.97 Å². The van der Waals surface area contributed by atoms with Crippen molar-refractivity contribution in [2.45, 2.75) is 72.6 Å². The summed E-state index contributed by atoms with van der Waals surface area (Å²) in [6.07, 6.45) is 9.66. The van der Waals surface area contributed by atoms with Gasteiger partial charge in [-0.3, -0.25) is 0 Å². The number of aliphatic carboxylic acids is 1. The molecular weight excluding hydrogens is 272 g/mol. The summed E-state index contributed by atoms with van der Waals surface area (Å²) in [5.41, 5.74) is 3.15. The van der Waals surface area contributed by atoms with Gasteiger partial charge in [0.2, 0.25) is 0 Å². The first kappa shape index (κ1) is 17.3. The smallest absolute Gasteiger partial charge is 0.328 e. The van der Waals surface area contributed by atoms with Gasteiger partial charge in [-0.15, -0.1) is 0 Å². The summed E-state index contributed by atoms with van der Waals surface area (Å²) in [5.74, 6) is 0.485. The Morgan fingerprint density at radius 2 is 2.05 bits per heavy atom. The van der Waals surface area contributed by atoms with Crippen molar-refractivity contribution in [1.82, 2.24) is 0 Å². The van der Waals surface area contributed by atoms with Gasteiger partial charge in [0, 0.05) is 6.08 Å². The standard InChI is InChI=1S/C20H32O2/c1-14(13-18(21)22)7-9-16-15(2)8-10-17-19(3,4)11-6-12-20(16,17)5/h13,16-17H,2,6-12H2,1,3-5H3,(H,21,22)/t16-,17-,20+/m1/s1. The molecule has 2 rings (SSSR count). The molecule has 0 unspecified atom stereocenters. The van der Waals surface area contributed by atoms with Gasteiger partial charge in [-0.25, -0.2) is 4.79 Å². The van der Waals surface area contributed by atoms with Crippen molar-refractivity contribution in [3.8, 4) is 0 Å². The topological polar surface area (TPSA) is 37.3 Å². The molecule has 2 saturated carbocycles. The molecule has 0 aromatic heterocycles. The van der Waals surface area contributed by atoms with E-state index in [0.717, 1.165) is 30.8 Å². The SMILES string of the molecule is C=C1CC[C@@H]2C(C)(C)CCC[C@@]2(C)[C@@H]1CCC(C)=CC(=O)O. The summed E-state index contributed by atoms with van der Waals surface area (Å²) in [4.78, 5) is 10.8. The number of fused-ring (bicyclic) bond motifs is 1. The molecule has 0 saturated heterocycles. The van der Waals surface area contributed by atoms with E-state index in [1.54, 1.807) is 0 Å². The third kappa shape index (κ3) is 3.31. The van der Waals surface area contributed by atoms with Crippen molar-refractivity contribution in [3.05, 3.63) is 23.8 Å². The van der Waals surface area contributed by atoms with Gasteiger partial charge in [-0.1, -0.05) is 44.9 Å². The minimum atomic E-state index is -0.831. The highest BCUT2D eigenvalue weighted by Crippen LogP contribution is 2.61. The van der Waals surface area contributed by atoms with Crippen LogP contribution in [0.3, 0.4) is 0 Å². The molecule has 2 fully saturated rings. The van der Waals surface area contributed by atoms with Gasteiger partial charge in [-0.2, -0.15) is 0 Å². The summed E-state index contributed by atoms with van der Waals surface area (Å²) in [6, 6.07) is 0. The average molecular weight is 304 g/mol. The molecule has 3 atom stereocenters. The quantitative estimate of drug-likeness (QED) is 0.542. The van der Waals surface area contributed by atoms with Crippen molar-refractivity contribution in [2.24, 2.45) is 22.7 Å². The van der Waals surface area contributed by atoms with Gasteiger partial charge < -0.3 is 5.11 Å². The predicted octanol–water partition coefficient (Wildman–Crippen LogP) is 5.60. The van der Waals surface area contributed by atoms with E-state index in [-0.39, 0.29) is 0 Å². The second kappa shape index (κ2) is 6.22. The summed E-state index contributed by atoms with van der Waals surface area (Å²) in [7, 11) is 0. The maximum atomic E-state index is 10.8. The lowest BCUT2D eigenvalue weighted by Gasteiger charge is -2.58. The Morgan fingerprint density at radius 3 is 2.68 bits per heavy atom. The van der Waals surface area contributed by atoms with E-state index in [9.17, 15) is 4.79 Å². The molecule has 0 spiro atoms. The van der Waals surface area contributed by atoms with Gasteiger partial charge in [0.1, 0.15) is 0 Å². The Labute approximate surface area is 135 Å². The van der Waals surface area contributed by atoms with Gasteiger partial charge in [-0.05, 0) is 68.1 Å². The first-order chi connectivity index (χ1) is 10.2. The predicted molar refractivity (Wildman–Crippen MR) is 91.7 cm³/mol. The van der Waals surface area contributed by atoms with Crippen molar-refractivity contribution < 1.29 is 9.90 Å². The minimum absolute atomic E-state index is 0.348. The summed E-state index contributed by atoms with van der Waals surface area (Å²) >= 11 is 0. The molecule has 0 aromatic rings. The third-order valence-corrected chi connectivity index (χ3v) is 6.52. The van der Waals surface area contributed by atoms with Crippen molar-refractivity contribution in [2.75, 3.05) is 0 Å². The molecule has 2 aliphatic rings. The highest BCUT2D eigenvalue weighted by atomic mass is 16.4. The molecule has 2 aliphatic carbocycles. The first-order valence-electron chi connectivity index (χ1n) is 8.74. The van der Waals surface area contributed by atoms with Crippen molar-refractivity contribution in [3.63, 3.8) is 0 Å². The van der Waals surface area contributed by atoms with Crippen LogP contribution in [0.25, 0.3) is 0 Å². The van der Waals surface area contributed by atoms with Crippen molar-refractivity contribution in [1.29, 1.82) is 0 Å². The number of hydrogen-bond acceptors (Lipinski definition) is 1. The monoisotopic (exact) mass is 304 g/mol. The highest BCUT2D eigenvalue weighted by molar-refractivity contribution is 5.80. The van der Waals surface area contributed by atoms with Gasteiger partial charge in [0.15, 0.2) is 0 Å². The summed E-state index contributed by atoms with van der Waals surface area (Å²) < 4.78 is 0. The zero-order valence-electron chi connectivity index (χ0n) is 14.7. The van der Waals surface area contributed by atoms with E-state index < -0.39 is 5.97 Å². The number of rotatable bonds is 4. The maximum Gasteiger partial charge on any atom is 0.328 e. The van der Waals surface area contributed by atoms with Gasteiger partial charge in [0.25, 0.3) is 0 Å². The molecule has 0 aliphatic heterocycles. The van der Waals surface area contributed by atoms with Crippen LogP contribution in [0.5, 0.6) is 0 Å². The molecule has 0 aromatic carbocycles. The van der Waals surface area contributed by atoms with Crippen LogP contribution in [-0.2, 0) is 4.79 Å². The fourth-order valence-corrected chi connectivity index (χ4v) is 5.46. The lowest BCUT2D eigenvalue weighted by molar-refractivity contribution is -0.131. The number of allylic oxidation sites excluding steroid dienone is 2. The van der Waals surface area contributed by atoms with E-state index in [4.69, 9.17) is 5.11 Å². The van der Waals surface area contributed by atoms with E-state index >= 15 is 0 Å². The lowest BCUT2D eigenvalue weighted by Crippen LogP contribution is -2.49. The molecule has 0 heterocycles. The summed E-state index contributed by atoms with van der Waals surface area (Å²) in [6.45, 7) is 13.7. The second-order valence-corrected chi connectivity index (χ2v) is 8.52. The van der Waals surface area contributed by atoms with Crippen LogP contribution in [0.2, 0.25) is 0 Å². The molecule has 0 radical (unpaired) electrons. The normalized spacial score (nSPS) is 35.1. The average Bonchev–Trinajstić information content (AvgIpc) is 2.35. The van der Waals surface area contributed by atoms with E-state index in [2.05, 4.69) is 27.4 Å². The Hall–Kier alpha value is -1.05. The van der Waals surface area contributed by atoms with E-state index in [1.165, 1.54) is 37.3 Å². The molecule has 2 heteroatoms. The molecule has 22 heavy (non-hydrogen) atoms. The second-order valence-electron chi connectivity index (χ2n) is 8.52. The maximum absolute atomic E-state index is 10.8. The molecule has 0 amide bonds. The fourth-order valence-electron chi connectivity index (χ4n) is 5.46. The number of carboxylic acids is 1. The number of carbonyl (C=O) groups is 1. The first-order valence-corrected chi connectivity index (χ1v) is 8.74. The van der Waals surface area contributed by atoms with Crippen LogP contribution in [0.15, 0.2) is 23.8 Å². The molecular formula is C20H32O2. The van der Waals surface area contributed by atoms with Crippen LogP contribution >= 0.6 is 0 Å². The zero-order valence-corrected chi connectivity index (χ0v) is 14.7. The van der Waals surface area contributed by atoms with Gasteiger partial charge in [0.05, 0.1) is 0 Å². The lowest BCUT2D eigenvalue weighted by atomic mass is 9.47. The van der Waals surface area contributed by atoms with E-state index in [0.29, 0.717) is 16.7 Å². The number of carboxylic acid groups (broad SMARTS) is 1. The Balaban J connectivity index is 2.17. The fraction of sp³-hybridized carbons (Fsp3) is 0.750. The molecule has 0 bridgehead atoms. The Bertz CT molecular complexity index is 486. The van der Waals surface area contributed by atoms with Crippen LogP contribution in [-0.4, -0.2) is 11.1 Å². The highest BCUT2D eigenvalue weighted by Gasteiger charge is 2.52. The van der Waals surface area contributed by atoms with Crippen LogP contribution < -0.4 is 0 Å². The van der Waals surface area contributed by atoms with Crippen LogP contribution in [0.1, 0.15) is 72.6 Å². The Morgan fingerprint density at radius 1 is 1.36 bits per heavy atom. The zero-order chi connectivity index (χ0) is 16.5. The Kier molecular flexibility index (Phi) is 4.89. The largest absolute Gasteiger partial charge is 0.478 e. The summed E-state index contributed by atoms with van der Waals surface area (Å²) in [5, 5.41) is 8.89. The van der Waals surface area contributed by atoms with E-state index in [1.807, 2.05) is 6.92 Å². The van der Waals surface area contributed by atoms with Crippen LogP contribution in [0.4, 0.5) is 0 Å². The molecule has 1 N–H and O–H groups in total. The van der Waals surface area contributed by atoms with Crippen LogP contribution in [0, 0.1) is 22.7 Å².